The predicted octanol–water partition coefficient (Wildman–Crippen LogP) is 3.83. The van der Waals surface area contributed by atoms with Crippen LogP contribution in [0.25, 0.3) is 0 Å². The van der Waals surface area contributed by atoms with E-state index in [1.165, 1.54) is 5.56 Å². The summed E-state index contributed by atoms with van der Waals surface area (Å²) in [6, 6.07) is 19.0. The van der Waals surface area contributed by atoms with Gasteiger partial charge in [0.1, 0.15) is 0 Å². The first kappa shape index (κ1) is 22.1. The molecule has 1 fully saturated rings. The predicted molar refractivity (Wildman–Crippen MR) is 130 cm³/mol. The number of likely N-dealkylation sites (tertiary alicyclic amines) is 1. The van der Waals surface area contributed by atoms with Crippen molar-refractivity contribution in [3.8, 4) is 5.75 Å². The Labute approximate surface area is 199 Å². The number of hydrogen-bond donors (Lipinski definition) is 1. The third kappa shape index (κ3) is 4.26. The van der Waals surface area contributed by atoms with E-state index in [1.54, 1.807) is 42.7 Å². The number of nitrogens with one attached hydrogen (secondary N) is 1. The highest BCUT2D eigenvalue weighted by Crippen LogP contribution is 2.40. The lowest BCUT2D eigenvalue weighted by Crippen LogP contribution is -2.69. The van der Waals surface area contributed by atoms with Crippen LogP contribution in [-0.4, -0.2) is 57.9 Å². The Morgan fingerprint density at radius 1 is 1.03 bits per heavy atom. The molecule has 174 valence electrons. The molecule has 3 aromatic rings. The smallest absolute Gasteiger partial charge is 0.258 e. The van der Waals surface area contributed by atoms with E-state index < -0.39 is 5.60 Å². The molecular formula is C27H28N4O3. The Hall–Kier alpha value is -3.71. The first-order valence-corrected chi connectivity index (χ1v) is 11.5. The van der Waals surface area contributed by atoms with Crippen LogP contribution >= 0.6 is 0 Å². The highest BCUT2D eigenvalue weighted by atomic mass is 16.5. The summed E-state index contributed by atoms with van der Waals surface area (Å²) in [6.07, 6.45) is 3.15. The Morgan fingerprint density at radius 3 is 2.47 bits per heavy atom. The number of pyridine rings is 1. The molecule has 5 rings (SSSR count). The maximum Gasteiger partial charge on any atom is 0.258 e. The second-order valence-electron chi connectivity index (χ2n) is 9.31. The summed E-state index contributed by atoms with van der Waals surface area (Å²) in [5.74, 6) is 0.0889. The van der Waals surface area contributed by atoms with Gasteiger partial charge in [-0.05, 0) is 43.7 Å². The normalized spacial score (nSPS) is 17.0. The molecule has 3 heterocycles. The van der Waals surface area contributed by atoms with Crippen LogP contribution in [0, 0.1) is 0 Å². The van der Waals surface area contributed by atoms with Crippen molar-refractivity contribution in [1.29, 1.82) is 0 Å². The van der Waals surface area contributed by atoms with E-state index in [1.807, 2.05) is 36.9 Å². The second-order valence-corrected chi connectivity index (χ2v) is 9.31. The van der Waals surface area contributed by atoms with E-state index >= 15 is 0 Å². The molecule has 0 aliphatic carbocycles. The van der Waals surface area contributed by atoms with Gasteiger partial charge in [0.2, 0.25) is 0 Å². The SMILES string of the molecule is CC(C)N1CC2(CN(Cc3ccccc3)C2)Oc2c(NC(=O)c3ccncc3)cccc2C1=O. The van der Waals surface area contributed by atoms with Crippen molar-refractivity contribution in [2.45, 2.75) is 32.0 Å². The lowest BCUT2D eigenvalue weighted by molar-refractivity contribution is -0.0924. The molecule has 0 unspecified atom stereocenters. The topological polar surface area (TPSA) is 74.8 Å². The molecule has 1 aromatic heterocycles. The second kappa shape index (κ2) is 8.91. The molecule has 1 saturated heterocycles. The number of nitrogens with zero attached hydrogens (tertiary/aromatic N) is 3. The van der Waals surface area contributed by atoms with Crippen molar-refractivity contribution in [3.63, 3.8) is 0 Å². The van der Waals surface area contributed by atoms with Crippen LogP contribution in [0.3, 0.4) is 0 Å². The molecule has 2 aromatic carbocycles. The van der Waals surface area contributed by atoms with Crippen molar-refractivity contribution in [2.24, 2.45) is 0 Å². The Balaban J connectivity index is 1.44. The minimum atomic E-state index is -0.530. The Kier molecular flexibility index (Phi) is 5.79. The Morgan fingerprint density at radius 2 is 1.76 bits per heavy atom. The number of para-hydroxylation sites is 1. The van der Waals surface area contributed by atoms with E-state index in [4.69, 9.17) is 4.74 Å². The number of benzene rings is 2. The lowest BCUT2D eigenvalue weighted by atomic mass is 9.92. The minimum absolute atomic E-state index is 0.0252. The van der Waals surface area contributed by atoms with Crippen LogP contribution in [0.5, 0.6) is 5.75 Å². The van der Waals surface area contributed by atoms with Crippen LogP contribution in [0.1, 0.15) is 40.1 Å². The number of fused-ring (bicyclic) bond motifs is 1. The number of carbonyl (C=O) groups is 2. The monoisotopic (exact) mass is 456 g/mol. The van der Waals surface area contributed by atoms with Crippen LogP contribution in [0.2, 0.25) is 0 Å². The highest BCUT2D eigenvalue weighted by molar-refractivity contribution is 6.07. The summed E-state index contributed by atoms with van der Waals surface area (Å²) in [6.45, 7) is 6.77. The van der Waals surface area contributed by atoms with Crippen molar-refractivity contribution >= 4 is 17.5 Å². The number of rotatable bonds is 5. The fraction of sp³-hybridized carbons (Fsp3) is 0.296. The van der Waals surface area contributed by atoms with E-state index in [0.29, 0.717) is 42.2 Å². The van der Waals surface area contributed by atoms with Crippen LogP contribution in [0.4, 0.5) is 5.69 Å². The average Bonchev–Trinajstić information content (AvgIpc) is 2.96. The summed E-state index contributed by atoms with van der Waals surface area (Å²) in [4.78, 5) is 34.5. The number of ether oxygens (including phenoxy) is 1. The molecule has 7 heteroatoms. The van der Waals surface area contributed by atoms with E-state index in [9.17, 15) is 9.59 Å². The third-order valence-corrected chi connectivity index (χ3v) is 6.37. The molecule has 7 nitrogen and oxygen atoms in total. The summed E-state index contributed by atoms with van der Waals surface area (Å²) in [5.41, 5.74) is 2.17. The first-order chi connectivity index (χ1) is 16.4. The molecule has 0 bridgehead atoms. The number of amides is 2. The zero-order valence-corrected chi connectivity index (χ0v) is 19.4. The van der Waals surface area contributed by atoms with Crippen LogP contribution < -0.4 is 10.1 Å². The van der Waals surface area contributed by atoms with Crippen molar-refractivity contribution in [1.82, 2.24) is 14.8 Å². The number of anilines is 1. The third-order valence-electron chi connectivity index (χ3n) is 6.37. The van der Waals surface area contributed by atoms with Crippen molar-refractivity contribution in [3.05, 3.63) is 89.7 Å². The average molecular weight is 457 g/mol. The quantitative estimate of drug-likeness (QED) is 0.632. The summed E-state index contributed by atoms with van der Waals surface area (Å²) in [7, 11) is 0. The minimum Gasteiger partial charge on any atom is -0.480 e. The highest BCUT2D eigenvalue weighted by Gasteiger charge is 2.50. The van der Waals surface area contributed by atoms with Crippen molar-refractivity contribution < 1.29 is 14.3 Å². The van der Waals surface area contributed by atoms with Crippen LogP contribution in [-0.2, 0) is 6.54 Å². The van der Waals surface area contributed by atoms with Gasteiger partial charge in [-0.1, -0.05) is 36.4 Å². The van der Waals surface area contributed by atoms with Gasteiger partial charge in [-0.2, -0.15) is 0 Å². The van der Waals surface area contributed by atoms with E-state index in [0.717, 1.165) is 6.54 Å². The molecule has 2 amide bonds. The summed E-state index contributed by atoms with van der Waals surface area (Å²) < 4.78 is 6.64. The van der Waals surface area contributed by atoms with E-state index in [-0.39, 0.29) is 17.9 Å². The largest absolute Gasteiger partial charge is 0.480 e. The maximum atomic E-state index is 13.5. The molecule has 0 radical (unpaired) electrons. The molecule has 1 N–H and O–H groups in total. The van der Waals surface area contributed by atoms with Gasteiger partial charge in [0.15, 0.2) is 11.4 Å². The lowest BCUT2D eigenvalue weighted by Gasteiger charge is -2.50. The molecule has 0 atom stereocenters. The number of carbonyl (C=O) groups excluding carboxylic acids is 2. The molecule has 2 aliphatic heterocycles. The zero-order chi connectivity index (χ0) is 23.7. The number of aromatic nitrogens is 1. The van der Waals surface area contributed by atoms with Gasteiger partial charge in [-0.25, -0.2) is 0 Å². The van der Waals surface area contributed by atoms with Crippen LogP contribution in [0.15, 0.2) is 73.1 Å². The molecule has 1 spiro atoms. The molecule has 0 saturated carbocycles. The van der Waals surface area contributed by atoms with Gasteiger partial charge in [-0.3, -0.25) is 19.5 Å². The van der Waals surface area contributed by atoms with E-state index in [2.05, 4.69) is 27.3 Å². The molecular weight excluding hydrogens is 428 g/mol. The summed E-state index contributed by atoms with van der Waals surface area (Å²) in [5, 5.41) is 2.94. The number of hydrogen-bond acceptors (Lipinski definition) is 5. The van der Waals surface area contributed by atoms with Gasteiger partial charge in [0.05, 0.1) is 17.8 Å². The zero-order valence-electron chi connectivity index (χ0n) is 19.4. The van der Waals surface area contributed by atoms with Gasteiger partial charge >= 0.3 is 0 Å². The molecule has 34 heavy (non-hydrogen) atoms. The van der Waals surface area contributed by atoms with Gasteiger partial charge in [0, 0.05) is 43.6 Å². The maximum absolute atomic E-state index is 13.5. The van der Waals surface area contributed by atoms with Gasteiger partial charge < -0.3 is 15.0 Å². The summed E-state index contributed by atoms with van der Waals surface area (Å²) >= 11 is 0. The standard InChI is InChI=1S/C27H28N4O3/c1-19(2)31-18-27(16-30(17-27)15-20-7-4-3-5-8-20)34-24-22(26(31)33)9-6-10-23(24)29-25(32)21-11-13-28-14-12-21/h3-14,19H,15-18H2,1-2H3,(H,29,32). The van der Waals surface area contributed by atoms with Gasteiger partial charge in [-0.15, -0.1) is 0 Å². The fourth-order valence-corrected chi connectivity index (χ4v) is 4.70. The molecule has 2 aliphatic rings. The van der Waals surface area contributed by atoms with Gasteiger partial charge in [0.25, 0.3) is 11.8 Å². The Bertz CT molecular complexity index is 1190. The van der Waals surface area contributed by atoms with Crippen molar-refractivity contribution in [2.75, 3.05) is 25.0 Å². The fourth-order valence-electron chi connectivity index (χ4n) is 4.70. The first-order valence-electron chi connectivity index (χ1n) is 11.5.